The summed E-state index contributed by atoms with van der Waals surface area (Å²) in [5, 5.41) is 11.0. The van der Waals surface area contributed by atoms with E-state index < -0.39 is 5.91 Å². The second-order valence-corrected chi connectivity index (χ2v) is 4.95. The van der Waals surface area contributed by atoms with Crippen LogP contribution in [0.25, 0.3) is 0 Å². The first kappa shape index (κ1) is 10.6. The lowest BCUT2D eigenvalue weighted by Crippen LogP contribution is -2.24. The highest BCUT2D eigenvalue weighted by molar-refractivity contribution is 5.99. The summed E-state index contributed by atoms with van der Waals surface area (Å²) in [5.74, 6) is 1.72. The molecule has 2 fully saturated rings. The topological polar surface area (TPSA) is 85.0 Å². The van der Waals surface area contributed by atoms with Gasteiger partial charge in [0.1, 0.15) is 11.4 Å². The molecule has 92 valence electrons. The third-order valence-corrected chi connectivity index (χ3v) is 3.86. The summed E-state index contributed by atoms with van der Waals surface area (Å²) in [6, 6.07) is 0.462. The molecule has 4 N–H and O–H groups in total. The van der Waals surface area contributed by atoms with Crippen LogP contribution in [0.2, 0.25) is 0 Å². The molecule has 2 unspecified atom stereocenters. The minimum atomic E-state index is -0.415. The van der Waals surface area contributed by atoms with E-state index in [1.165, 1.54) is 0 Å². The zero-order chi connectivity index (χ0) is 12.2. The molecule has 0 radical (unpaired) electrons. The summed E-state index contributed by atoms with van der Waals surface area (Å²) in [5.41, 5.74) is 6.60. The van der Waals surface area contributed by atoms with Gasteiger partial charge in [0.25, 0.3) is 5.91 Å². The quantitative estimate of drug-likeness (QED) is 0.656. The molecule has 0 aromatic carbocycles. The van der Waals surface area contributed by atoms with E-state index in [0.717, 1.165) is 18.9 Å². The molecule has 0 bridgehead atoms. The number of hydrogen-bond donors (Lipinski definition) is 3. The zero-order valence-electron chi connectivity index (χ0n) is 10.0. The highest BCUT2D eigenvalue weighted by Gasteiger charge is 2.53. The van der Waals surface area contributed by atoms with Gasteiger partial charge >= 0.3 is 0 Å². The van der Waals surface area contributed by atoms with Gasteiger partial charge in [0.15, 0.2) is 0 Å². The van der Waals surface area contributed by atoms with Crippen LogP contribution in [-0.2, 0) is 7.05 Å². The normalized spacial score (nSPS) is 30.1. The van der Waals surface area contributed by atoms with Crippen molar-refractivity contribution in [1.82, 2.24) is 15.1 Å². The van der Waals surface area contributed by atoms with Crippen LogP contribution in [0.1, 0.15) is 16.1 Å². The van der Waals surface area contributed by atoms with Crippen LogP contribution in [0, 0.1) is 18.8 Å². The fourth-order valence-electron chi connectivity index (χ4n) is 2.91. The van der Waals surface area contributed by atoms with Crippen LogP contribution in [0.15, 0.2) is 0 Å². The lowest BCUT2D eigenvalue weighted by atomic mass is 10.2. The summed E-state index contributed by atoms with van der Waals surface area (Å²) in [6.45, 7) is 3.93. The number of carbonyl (C=O) groups excluding carboxylic acids is 1. The molecule has 0 spiro atoms. The van der Waals surface area contributed by atoms with Crippen molar-refractivity contribution >= 4 is 11.7 Å². The predicted octanol–water partition coefficient (Wildman–Crippen LogP) is -0.543. The first-order valence-corrected chi connectivity index (χ1v) is 5.90. The summed E-state index contributed by atoms with van der Waals surface area (Å²) in [7, 11) is 1.83. The third-order valence-electron chi connectivity index (χ3n) is 3.86. The molecule has 2 atom stereocenters. The van der Waals surface area contributed by atoms with Crippen molar-refractivity contribution in [3.8, 4) is 0 Å². The Bertz CT molecular complexity index is 470. The van der Waals surface area contributed by atoms with Crippen LogP contribution >= 0.6 is 0 Å². The van der Waals surface area contributed by atoms with Gasteiger partial charge in [-0.25, -0.2) is 0 Å². The third kappa shape index (κ3) is 1.51. The number of carbonyl (C=O) groups is 1. The fraction of sp³-hybridized carbons (Fsp3) is 0.636. The van der Waals surface area contributed by atoms with E-state index in [4.69, 9.17) is 5.73 Å². The van der Waals surface area contributed by atoms with E-state index in [0.29, 0.717) is 29.1 Å². The summed E-state index contributed by atoms with van der Waals surface area (Å²) in [6.07, 6.45) is 0. The molecule has 1 saturated heterocycles. The van der Waals surface area contributed by atoms with Crippen LogP contribution in [0.5, 0.6) is 0 Å². The molecular weight excluding hydrogens is 218 g/mol. The van der Waals surface area contributed by atoms with Gasteiger partial charge in [0, 0.05) is 26.2 Å². The number of hydrogen-bond acceptors (Lipinski definition) is 4. The Morgan fingerprint density at radius 3 is 2.76 bits per heavy atom. The molecule has 1 amide bonds. The van der Waals surface area contributed by atoms with Gasteiger partial charge in [-0.2, -0.15) is 5.10 Å². The van der Waals surface area contributed by atoms with Gasteiger partial charge in [-0.3, -0.25) is 9.48 Å². The Morgan fingerprint density at radius 1 is 1.53 bits per heavy atom. The van der Waals surface area contributed by atoms with E-state index >= 15 is 0 Å². The number of piperidine rings is 1. The average Bonchev–Trinajstić information content (AvgIpc) is 2.60. The summed E-state index contributed by atoms with van der Waals surface area (Å²) in [4.78, 5) is 11.4. The van der Waals surface area contributed by atoms with E-state index in [-0.39, 0.29) is 0 Å². The molecule has 2 heterocycles. The number of aryl methyl sites for hydroxylation is 2. The molecule has 6 heteroatoms. The number of nitrogens with two attached hydrogens (primary N) is 1. The number of rotatable bonds is 3. The van der Waals surface area contributed by atoms with Crippen molar-refractivity contribution < 1.29 is 4.79 Å². The van der Waals surface area contributed by atoms with Gasteiger partial charge in [-0.05, 0) is 18.8 Å². The molecular formula is C11H17N5O. The first-order chi connectivity index (χ1) is 8.09. The Kier molecular flexibility index (Phi) is 2.16. The molecule has 3 rings (SSSR count). The van der Waals surface area contributed by atoms with E-state index in [2.05, 4.69) is 15.7 Å². The van der Waals surface area contributed by atoms with E-state index in [1.807, 2.05) is 7.05 Å². The Morgan fingerprint density at radius 2 is 2.18 bits per heavy atom. The average molecular weight is 235 g/mol. The van der Waals surface area contributed by atoms with Crippen molar-refractivity contribution in [2.45, 2.75) is 13.0 Å². The van der Waals surface area contributed by atoms with Gasteiger partial charge in [0.05, 0.1) is 5.69 Å². The van der Waals surface area contributed by atoms with Crippen LogP contribution in [-0.4, -0.2) is 34.8 Å². The predicted molar refractivity (Wildman–Crippen MR) is 63.7 cm³/mol. The maximum Gasteiger partial charge on any atom is 0.254 e. The second kappa shape index (κ2) is 3.46. The molecule has 1 aromatic heterocycles. The monoisotopic (exact) mass is 235 g/mol. The fourth-order valence-corrected chi connectivity index (χ4v) is 2.91. The molecule has 1 aromatic rings. The van der Waals surface area contributed by atoms with Crippen molar-refractivity contribution in [3.63, 3.8) is 0 Å². The Hall–Kier alpha value is -1.56. The largest absolute Gasteiger partial charge is 0.366 e. The summed E-state index contributed by atoms with van der Waals surface area (Å²) >= 11 is 0. The van der Waals surface area contributed by atoms with Gasteiger partial charge < -0.3 is 16.4 Å². The molecule has 1 saturated carbocycles. The van der Waals surface area contributed by atoms with E-state index in [1.54, 1.807) is 11.6 Å². The van der Waals surface area contributed by atoms with Crippen LogP contribution in [0.4, 0.5) is 5.82 Å². The number of anilines is 1. The molecule has 6 nitrogen and oxygen atoms in total. The molecule has 2 aliphatic rings. The van der Waals surface area contributed by atoms with Crippen molar-refractivity contribution in [1.29, 1.82) is 0 Å². The minimum absolute atomic E-state index is 0.415. The van der Waals surface area contributed by atoms with Crippen molar-refractivity contribution in [2.24, 2.45) is 24.6 Å². The second-order valence-electron chi connectivity index (χ2n) is 4.95. The number of nitrogens with one attached hydrogen (secondary N) is 2. The SMILES string of the molecule is Cc1nn(C)c(NC2C3CNCC32)c1C(N)=O. The maximum atomic E-state index is 11.4. The standard InChI is InChI=1S/C11H17N5O/c1-5-8(10(12)17)11(16(2)15-5)14-9-6-3-13-4-7(6)9/h6-7,9,13-14H,3-4H2,1-2H3,(H2,12,17). The van der Waals surface area contributed by atoms with E-state index in [9.17, 15) is 4.79 Å². The van der Waals surface area contributed by atoms with Crippen LogP contribution in [0.3, 0.4) is 0 Å². The van der Waals surface area contributed by atoms with Crippen LogP contribution < -0.4 is 16.4 Å². The Labute approximate surface area is 99.5 Å². The number of nitrogens with zero attached hydrogens (tertiary/aromatic N) is 2. The maximum absolute atomic E-state index is 11.4. The molecule has 17 heavy (non-hydrogen) atoms. The number of primary amides is 1. The lowest BCUT2D eigenvalue weighted by molar-refractivity contribution is 0.100. The molecule has 1 aliphatic carbocycles. The molecule has 1 aliphatic heterocycles. The minimum Gasteiger partial charge on any atom is -0.366 e. The van der Waals surface area contributed by atoms with Gasteiger partial charge in [-0.15, -0.1) is 0 Å². The van der Waals surface area contributed by atoms with Crippen molar-refractivity contribution in [2.75, 3.05) is 18.4 Å². The first-order valence-electron chi connectivity index (χ1n) is 5.90. The van der Waals surface area contributed by atoms with Crippen molar-refractivity contribution in [3.05, 3.63) is 11.3 Å². The smallest absolute Gasteiger partial charge is 0.254 e. The lowest BCUT2D eigenvalue weighted by Gasteiger charge is -2.10. The number of aromatic nitrogens is 2. The highest BCUT2D eigenvalue weighted by Crippen LogP contribution is 2.44. The summed E-state index contributed by atoms with van der Waals surface area (Å²) < 4.78 is 1.71. The van der Waals surface area contributed by atoms with Gasteiger partial charge in [-0.1, -0.05) is 0 Å². The van der Waals surface area contributed by atoms with Gasteiger partial charge in [0.2, 0.25) is 0 Å². The highest BCUT2D eigenvalue weighted by atomic mass is 16.1. The number of fused-ring (bicyclic) bond motifs is 1. The zero-order valence-corrected chi connectivity index (χ0v) is 10.0. The Balaban J connectivity index is 1.85. The number of amides is 1.